The van der Waals surface area contributed by atoms with Gasteiger partial charge in [-0.15, -0.1) is 0 Å². The number of benzene rings is 3. The predicted molar refractivity (Wildman–Crippen MR) is 147 cm³/mol. The summed E-state index contributed by atoms with van der Waals surface area (Å²) in [6.45, 7) is 6.22. The fourth-order valence-corrected chi connectivity index (χ4v) is 6.84. The normalized spacial score (nSPS) is 14.9. The van der Waals surface area contributed by atoms with Gasteiger partial charge in [-0.3, -0.25) is 0 Å². The molecule has 0 aliphatic heterocycles. The van der Waals surface area contributed by atoms with E-state index in [0.717, 1.165) is 16.7 Å². The zero-order valence-corrected chi connectivity index (χ0v) is 23.0. The number of sulfonamides is 1. The maximum atomic E-state index is 13.6. The molecule has 0 fully saturated rings. The van der Waals surface area contributed by atoms with E-state index in [1.807, 2.05) is 45.0 Å². The topological polar surface area (TPSA) is 109 Å². The van der Waals surface area contributed by atoms with Crippen molar-refractivity contribution in [2.75, 3.05) is 6.54 Å². The fraction of sp³-hybridized carbons (Fsp3) is 0.300. The molecular formula is C30H30N4O4S. The van der Waals surface area contributed by atoms with E-state index < -0.39 is 10.0 Å². The summed E-state index contributed by atoms with van der Waals surface area (Å²) in [7, 11) is -3.67. The molecule has 3 aromatic carbocycles. The van der Waals surface area contributed by atoms with E-state index in [0.29, 0.717) is 59.3 Å². The molecule has 1 atom stereocenters. The number of fused-ring (bicyclic) bond motifs is 1. The fourth-order valence-electron chi connectivity index (χ4n) is 5.09. The monoisotopic (exact) mass is 542 g/mol. The largest absolute Gasteiger partial charge is 0.490 e. The van der Waals surface area contributed by atoms with Gasteiger partial charge in [0.2, 0.25) is 15.8 Å². The lowest BCUT2D eigenvalue weighted by Gasteiger charge is -2.28. The van der Waals surface area contributed by atoms with Crippen molar-refractivity contribution in [3.05, 3.63) is 83.4 Å². The van der Waals surface area contributed by atoms with Gasteiger partial charge in [-0.1, -0.05) is 48.5 Å². The highest BCUT2D eigenvalue weighted by Crippen LogP contribution is 2.42. The predicted octanol–water partition coefficient (Wildman–Crippen LogP) is 6.15. The van der Waals surface area contributed by atoms with E-state index in [1.165, 1.54) is 0 Å². The minimum absolute atomic E-state index is 0.0575. The molecule has 0 N–H and O–H groups in total. The van der Waals surface area contributed by atoms with Gasteiger partial charge < -0.3 is 9.26 Å². The summed E-state index contributed by atoms with van der Waals surface area (Å²) in [5, 5.41) is 13.8. The molecule has 1 aliphatic rings. The van der Waals surface area contributed by atoms with E-state index in [1.54, 1.807) is 46.8 Å². The summed E-state index contributed by atoms with van der Waals surface area (Å²) in [5.74, 6) is 1.23. The number of ether oxygens (including phenoxy) is 1. The molecule has 0 bridgehead atoms. The molecule has 0 spiro atoms. The van der Waals surface area contributed by atoms with Gasteiger partial charge in [0.15, 0.2) is 0 Å². The molecule has 9 heteroatoms. The van der Waals surface area contributed by atoms with E-state index in [-0.39, 0.29) is 12.1 Å². The lowest BCUT2D eigenvalue weighted by molar-refractivity contribution is 0.241. The zero-order chi connectivity index (χ0) is 27.6. The van der Waals surface area contributed by atoms with Crippen LogP contribution in [0.3, 0.4) is 0 Å². The smallest absolute Gasteiger partial charge is 0.258 e. The van der Waals surface area contributed by atoms with Crippen LogP contribution in [-0.2, 0) is 16.4 Å². The number of hydrogen-bond donors (Lipinski definition) is 0. The summed E-state index contributed by atoms with van der Waals surface area (Å²) in [6.07, 6.45) is 2.02. The first-order chi connectivity index (χ1) is 18.8. The SMILES string of the molecule is CCCN([C@H]1CCc2c(-c3noc(-c4ccc(OC(C)C)c(C#N)c4)n3)cccc21)S(=O)(=O)c1ccccc1. The Morgan fingerprint density at radius 2 is 1.92 bits per heavy atom. The van der Waals surface area contributed by atoms with Gasteiger partial charge in [0, 0.05) is 17.7 Å². The molecule has 4 aromatic rings. The van der Waals surface area contributed by atoms with Crippen molar-refractivity contribution in [1.29, 1.82) is 5.26 Å². The first-order valence-electron chi connectivity index (χ1n) is 13.1. The molecular weight excluding hydrogens is 512 g/mol. The van der Waals surface area contributed by atoms with Gasteiger partial charge in [0.1, 0.15) is 11.8 Å². The van der Waals surface area contributed by atoms with Crippen LogP contribution in [0.1, 0.15) is 56.3 Å². The Bertz CT molecular complexity index is 1620. The van der Waals surface area contributed by atoms with Gasteiger partial charge in [-0.05, 0) is 74.6 Å². The van der Waals surface area contributed by atoms with Crippen LogP contribution in [0.4, 0.5) is 0 Å². The summed E-state index contributed by atoms with van der Waals surface area (Å²) < 4.78 is 40.2. The Kier molecular flexibility index (Phi) is 7.51. The Hall–Kier alpha value is -4.00. The molecule has 5 rings (SSSR count). The molecule has 1 aromatic heterocycles. The molecule has 0 saturated carbocycles. The van der Waals surface area contributed by atoms with Crippen LogP contribution in [0.2, 0.25) is 0 Å². The first-order valence-corrected chi connectivity index (χ1v) is 14.5. The Morgan fingerprint density at radius 1 is 1.13 bits per heavy atom. The maximum Gasteiger partial charge on any atom is 0.258 e. The van der Waals surface area contributed by atoms with Crippen LogP contribution in [0, 0.1) is 11.3 Å². The molecule has 1 heterocycles. The van der Waals surface area contributed by atoms with Crippen molar-refractivity contribution >= 4 is 10.0 Å². The third-order valence-corrected chi connectivity index (χ3v) is 8.68. The van der Waals surface area contributed by atoms with Crippen molar-refractivity contribution < 1.29 is 17.7 Å². The third-order valence-electron chi connectivity index (χ3n) is 6.76. The van der Waals surface area contributed by atoms with Gasteiger partial charge in [-0.25, -0.2) is 8.42 Å². The maximum absolute atomic E-state index is 13.6. The average molecular weight is 543 g/mol. The molecule has 200 valence electrons. The van der Waals surface area contributed by atoms with E-state index in [2.05, 4.69) is 16.2 Å². The average Bonchev–Trinajstić information content (AvgIpc) is 3.60. The van der Waals surface area contributed by atoms with E-state index >= 15 is 0 Å². The highest BCUT2D eigenvalue weighted by atomic mass is 32.2. The molecule has 8 nitrogen and oxygen atoms in total. The van der Waals surface area contributed by atoms with Crippen LogP contribution in [-0.4, -0.2) is 35.5 Å². The third kappa shape index (κ3) is 5.18. The Morgan fingerprint density at radius 3 is 2.64 bits per heavy atom. The summed E-state index contributed by atoms with van der Waals surface area (Å²) in [6, 6.07) is 21.5. The van der Waals surface area contributed by atoms with Crippen LogP contribution in [0.25, 0.3) is 22.8 Å². The van der Waals surface area contributed by atoms with Gasteiger partial charge in [0.05, 0.1) is 22.6 Å². The Labute approximate surface area is 228 Å². The van der Waals surface area contributed by atoms with Crippen molar-refractivity contribution in [1.82, 2.24) is 14.4 Å². The zero-order valence-electron chi connectivity index (χ0n) is 22.2. The highest BCUT2D eigenvalue weighted by molar-refractivity contribution is 7.89. The van der Waals surface area contributed by atoms with Crippen LogP contribution >= 0.6 is 0 Å². The van der Waals surface area contributed by atoms with Crippen molar-refractivity contribution in [3.63, 3.8) is 0 Å². The second kappa shape index (κ2) is 11.0. The quantitative estimate of drug-likeness (QED) is 0.249. The number of aromatic nitrogens is 2. The second-order valence-corrected chi connectivity index (χ2v) is 11.7. The minimum Gasteiger partial charge on any atom is -0.490 e. The van der Waals surface area contributed by atoms with Gasteiger partial charge in [0.25, 0.3) is 5.89 Å². The van der Waals surface area contributed by atoms with E-state index in [4.69, 9.17) is 9.26 Å². The molecule has 0 radical (unpaired) electrons. The van der Waals surface area contributed by atoms with Crippen molar-refractivity contribution in [2.24, 2.45) is 0 Å². The first kappa shape index (κ1) is 26.6. The van der Waals surface area contributed by atoms with E-state index in [9.17, 15) is 13.7 Å². The second-order valence-electron chi connectivity index (χ2n) is 9.77. The standard InChI is InChI=1S/C30H30N4O4S/c1-4-17-34(39(35,36)23-9-6-5-7-10-23)27-15-14-24-25(27)11-8-12-26(24)29-32-30(38-33-29)21-13-16-28(37-20(2)3)22(18-21)19-31/h5-13,16,18,20,27H,4,14-15,17H2,1-3H3/t27-/m0/s1. The molecule has 0 saturated heterocycles. The molecule has 39 heavy (non-hydrogen) atoms. The minimum atomic E-state index is -3.67. The molecule has 1 aliphatic carbocycles. The van der Waals surface area contributed by atoms with Gasteiger partial charge in [-0.2, -0.15) is 14.6 Å². The number of nitrogens with zero attached hydrogens (tertiary/aromatic N) is 4. The summed E-state index contributed by atoms with van der Waals surface area (Å²) in [4.78, 5) is 4.94. The van der Waals surface area contributed by atoms with Gasteiger partial charge >= 0.3 is 0 Å². The molecule has 0 amide bonds. The van der Waals surface area contributed by atoms with Crippen molar-refractivity contribution in [3.8, 4) is 34.7 Å². The number of rotatable bonds is 9. The van der Waals surface area contributed by atoms with Crippen LogP contribution < -0.4 is 4.74 Å². The lowest BCUT2D eigenvalue weighted by Crippen LogP contribution is -2.34. The Balaban J connectivity index is 1.48. The number of nitriles is 1. The summed E-state index contributed by atoms with van der Waals surface area (Å²) >= 11 is 0. The summed E-state index contributed by atoms with van der Waals surface area (Å²) in [5.41, 5.74) is 3.82. The highest BCUT2D eigenvalue weighted by Gasteiger charge is 2.37. The van der Waals surface area contributed by atoms with Crippen LogP contribution in [0.15, 0.2) is 76.1 Å². The number of hydrogen-bond acceptors (Lipinski definition) is 7. The van der Waals surface area contributed by atoms with Crippen LogP contribution in [0.5, 0.6) is 5.75 Å². The molecule has 0 unspecified atom stereocenters. The lowest BCUT2D eigenvalue weighted by atomic mass is 10.0. The van der Waals surface area contributed by atoms with Crippen molar-refractivity contribution in [2.45, 2.75) is 57.1 Å².